The number of hydrogen-bond donors (Lipinski definition) is 2. The number of fused-ring (bicyclic) bond motifs is 2. The highest BCUT2D eigenvalue weighted by Crippen LogP contribution is 2.32. The third-order valence-corrected chi connectivity index (χ3v) is 4.01. The fourth-order valence-electron chi connectivity index (χ4n) is 3.05. The lowest BCUT2D eigenvalue weighted by Gasteiger charge is -2.29. The highest BCUT2D eigenvalue weighted by atomic mass is 35.5. The summed E-state index contributed by atoms with van der Waals surface area (Å²) in [4.78, 5) is 11.7. The number of nitrogens with one attached hydrogen (secondary N) is 2. The fourth-order valence-corrected chi connectivity index (χ4v) is 3.05. The van der Waals surface area contributed by atoms with Crippen molar-refractivity contribution in [1.29, 1.82) is 0 Å². The lowest BCUT2D eigenvalue weighted by atomic mass is 9.99. The summed E-state index contributed by atoms with van der Waals surface area (Å²) in [6.07, 6.45) is 8.22. The summed E-state index contributed by atoms with van der Waals surface area (Å²) in [5.41, 5.74) is 0. The smallest absolute Gasteiger partial charge is 0.220 e. The van der Waals surface area contributed by atoms with E-state index in [1.807, 2.05) is 0 Å². The van der Waals surface area contributed by atoms with Crippen LogP contribution in [0, 0.1) is 5.92 Å². The number of rotatable bonds is 3. The second-order valence-electron chi connectivity index (χ2n) is 5.52. The first kappa shape index (κ1) is 12.2. The van der Waals surface area contributed by atoms with Crippen LogP contribution in [-0.4, -0.2) is 24.0 Å². The molecule has 2 atom stereocenters. The SMILES string of the molecule is Cl.O=C(CC1CC1)NC1CC2CCC(C1)N2. The maximum absolute atomic E-state index is 11.7. The third-order valence-electron chi connectivity index (χ3n) is 4.01. The topological polar surface area (TPSA) is 41.1 Å². The first-order chi connectivity index (χ1) is 7.29. The van der Waals surface area contributed by atoms with Gasteiger partial charge >= 0.3 is 0 Å². The Morgan fingerprint density at radius 1 is 1.12 bits per heavy atom. The van der Waals surface area contributed by atoms with E-state index in [1.165, 1.54) is 25.7 Å². The summed E-state index contributed by atoms with van der Waals surface area (Å²) in [7, 11) is 0. The summed E-state index contributed by atoms with van der Waals surface area (Å²) in [5, 5.41) is 6.81. The van der Waals surface area contributed by atoms with Crippen LogP contribution in [0.2, 0.25) is 0 Å². The maximum atomic E-state index is 11.7. The van der Waals surface area contributed by atoms with Gasteiger partial charge in [0, 0.05) is 24.5 Å². The minimum Gasteiger partial charge on any atom is -0.353 e. The Balaban J connectivity index is 0.000000963. The number of piperidine rings is 1. The van der Waals surface area contributed by atoms with E-state index < -0.39 is 0 Å². The maximum Gasteiger partial charge on any atom is 0.220 e. The van der Waals surface area contributed by atoms with E-state index in [-0.39, 0.29) is 12.4 Å². The van der Waals surface area contributed by atoms with Crippen LogP contribution in [0.1, 0.15) is 44.9 Å². The molecule has 0 aromatic heterocycles. The summed E-state index contributed by atoms with van der Waals surface area (Å²) in [5.74, 6) is 1.01. The molecule has 2 aliphatic heterocycles. The van der Waals surface area contributed by atoms with Crippen molar-refractivity contribution in [1.82, 2.24) is 10.6 Å². The number of carbonyl (C=O) groups excluding carboxylic acids is 1. The molecule has 3 rings (SSSR count). The van der Waals surface area contributed by atoms with Crippen molar-refractivity contribution in [2.24, 2.45) is 5.92 Å². The molecule has 4 heteroatoms. The van der Waals surface area contributed by atoms with Gasteiger partial charge in [-0.05, 0) is 44.4 Å². The van der Waals surface area contributed by atoms with Gasteiger partial charge in [0.05, 0.1) is 0 Å². The van der Waals surface area contributed by atoms with E-state index in [0.717, 1.165) is 19.3 Å². The normalized spacial score (nSPS) is 36.6. The number of amides is 1. The Labute approximate surface area is 103 Å². The second-order valence-corrected chi connectivity index (χ2v) is 5.52. The van der Waals surface area contributed by atoms with Crippen molar-refractivity contribution >= 4 is 18.3 Å². The molecule has 2 saturated heterocycles. The molecule has 3 aliphatic rings. The minimum atomic E-state index is 0. The lowest BCUT2D eigenvalue weighted by Crippen LogP contribution is -2.48. The van der Waals surface area contributed by atoms with E-state index in [4.69, 9.17) is 0 Å². The van der Waals surface area contributed by atoms with Crippen LogP contribution in [0.5, 0.6) is 0 Å². The third kappa shape index (κ3) is 2.89. The van der Waals surface area contributed by atoms with Gasteiger partial charge in [-0.1, -0.05) is 0 Å². The predicted octanol–water partition coefficient (Wildman–Crippen LogP) is 1.61. The van der Waals surface area contributed by atoms with Crippen molar-refractivity contribution in [2.75, 3.05) is 0 Å². The average molecular weight is 245 g/mol. The predicted molar refractivity (Wildman–Crippen MR) is 65.7 cm³/mol. The number of halogens is 1. The zero-order valence-corrected chi connectivity index (χ0v) is 10.4. The van der Waals surface area contributed by atoms with Crippen LogP contribution in [0.3, 0.4) is 0 Å². The number of carbonyl (C=O) groups is 1. The minimum absolute atomic E-state index is 0. The second kappa shape index (κ2) is 4.92. The highest BCUT2D eigenvalue weighted by Gasteiger charge is 2.34. The van der Waals surface area contributed by atoms with E-state index >= 15 is 0 Å². The van der Waals surface area contributed by atoms with Crippen molar-refractivity contribution in [3.63, 3.8) is 0 Å². The first-order valence-corrected chi connectivity index (χ1v) is 6.35. The molecule has 0 aromatic carbocycles. The molecule has 0 aromatic rings. The van der Waals surface area contributed by atoms with Gasteiger partial charge in [-0.3, -0.25) is 4.79 Å². The molecule has 2 unspecified atom stereocenters. The van der Waals surface area contributed by atoms with E-state index in [9.17, 15) is 4.79 Å². The Hall–Kier alpha value is -0.280. The van der Waals surface area contributed by atoms with Crippen LogP contribution in [0.4, 0.5) is 0 Å². The summed E-state index contributed by atoms with van der Waals surface area (Å²) < 4.78 is 0. The van der Waals surface area contributed by atoms with Gasteiger partial charge in [-0.25, -0.2) is 0 Å². The molecule has 2 N–H and O–H groups in total. The molecule has 2 bridgehead atoms. The standard InChI is InChI=1S/C12H20N2O.ClH/c15-12(5-8-1-2-8)14-11-6-9-3-4-10(7-11)13-9;/h8-11,13H,1-7H2,(H,14,15);1H. The van der Waals surface area contributed by atoms with Crippen molar-refractivity contribution in [2.45, 2.75) is 63.1 Å². The number of hydrogen-bond acceptors (Lipinski definition) is 2. The quantitative estimate of drug-likeness (QED) is 0.792. The molecule has 2 heterocycles. The lowest BCUT2D eigenvalue weighted by molar-refractivity contribution is -0.122. The van der Waals surface area contributed by atoms with E-state index in [1.54, 1.807) is 0 Å². The molecule has 1 amide bonds. The van der Waals surface area contributed by atoms with Gasteiger partial charge in [0.25, 0.3) is 0 Å². The summed E-state index contributed by atoms with van der Waals surface area (Å²) >= 11 is 0. The zero-order valence-electron chi connectivity index (χ0n) is 9.58. The summed E-state index contributed by atoms with van der Waals surface area (Å²) in [6, 6.07) is 1.81. The Kier molecular flexibility index (Phi) is 3.75. The van der Waals surface area contributed by atoms with Crippen LogP contribution in [-0.2, 0) is 4.79 Å². The Bertz CT molecular complexity index is 256. The Morgan fingerprint density at radius 3 is 2.31 bits per heavy atom. The molecule has 0 spiro atoms. The molecule has 3 nitrogen and oxygen atoms in total. The van der Waals surface area contributed by atoms with Crippen molar-refractivity contribution in [3.05, 3.63) is 0 Å². The molecule has 1 aliphatic carbocycles. The van der Waals surface area contributed by atoms with Crippen LogP contribution in [0.25, 0.3) is 0 Å². The van der Waals surface area contributed by atoms with Gasteiger partial charge in [0.2, 0.25) is 5.91 Å². The van der Waals surface area contributed by atoms with Crippen molar-refractivity contribution < 1.29 is 4.79 Å². The van der Waals surface area contributed by atoms with Crippen LogP contribution < -0.4 is 10.6 Å². The summed E-state index contributed by atoms with van der Waals surface area (Å²) in [6.45, 7) is 0. The molecular formula is C12H21ClN2O. The highest BCUT2D eigenvalue weighted by molar-refractivity contribution is 5.85. The van der Waals surface area contributed by atoms with Crippen LogP contribution in [0.15, 0.2) is 0 Å². The largest absolute Gasteiger partial charge is 0.353 e. The fraction of sp³-hybridized carbons (Fsp3) is 0.917. The molecule has 0 radical (unpaired) electrons. The average Bonchev–Trinajstić information content (AvgIpc) is 2.92. The monoisotopic (exact) mass is 244 g/mol. The molecule has 16 heavy (non-hydrogen) atoms. The van der Waals surface area contributed by atoms with Gasteiger partial charge in [0.1, 0.15) is 0 Å². The molecule has 3 fully saturated rings. The van der Waals surface area contributed by atoms with Gasteiger partial charge in [0.15, 0.2) is 0 Å². The van der Waals surface area contributed by atoms with Crippen molar-refractivity contribution in [3.8, 4) is 0 Å². The van der Waals surface area contributed by atoms with Gasteiger partial charge in [-0.15, -0.1) is 12.4 Å². The molecule has 92 valence electrons. The first-order valence-electron chi connectivity index (χ1n) is 6.35. The molecule has 1 saturated carbocycles. The zero-order chi connectivity index (χ0) is 10.3. The van der Waals surface area contributed by atoms with Gasteiger partial charge < -0.3 is 10.6 Å². The van der Waals surface area contributed by atoms with E-state index in [0.29, 0.717) is 30.0 Å². The van der Waals surface area contributed by atoms with Gasteiger partial charge in [-0.2, -0.15) is 0 Å². The van der Waals surface area contributed by atoms with Crippen LogP contribution >= 0.6 is 12.4 Å². The van der Waals surface area contributed by atoms with E-state index in [2.05, 4.69) is 10.6 Å². The Morgan fingerprint density at radius 2 is 1.75 bits per heavy atom. The molecular weight excluding hydrogens is 224 g/mol.